The van der Waals surface area contributed by atoms with Gasteiger partial charge in [0, 0.05) is 70.9 Å². The zero-order valence-corrected chi connectivity index (χ0v) is 47.0. The number of alkyl halides is 1. The molecule has 428 valence electrons. The van der Waals surface area contributed by atoms with Gasteiger partial charge in [0.1, 0.15) is 48.8 Å². The molecule has 5 N–H and O–H groups in total. The zero-order valence-electron chi connectivity index (χ0n) is 47.0. The number of halogens is 1. The standard InChI is InChI=1S/C54H91FN6O14/c1-15-42-54(10,67)47(63)35(6)59(12)29-31(2)26-52(8,66)49(33(4)45(34(5)50(65)73-42)74-43-27-53(9,69-14)48(64)36(7)72-43)75-51-44(62)40(25-32(3)71-51)58(11)23-21-38-30-60(57-56-38)41(28-55)46(68-13)37-17-19-39(20-18-37)61-22-16-24-70-61/h17-20,30-36,40-49,51,62-64,66-67H,15-16,21-29H2,1-14H3/t31-,32-,33+,34-,35-,36+,40+,41-,42-,43+,44-,45+,46-,47-,48+,49-,51+,52-,53-,54-/m1/s1. The molecule has 21 heteroatoms. The van der Waals surface area contributed by atoms with E-state index in [2.05, 4.69) is 10.3 Å². The Bertz CT molecular complexity index is 2080. The fourth-order valence-electron chi connectivity index (χ4n) is 12.0. The highest BCUT2D eigenvalue weighted by atomic mass is 19.1. The molecule has 1 aromatic carbocycles. The topological polar surface area (TPSA) is 232 Å². The van der Waals surface area contributed by atoms with E-state index in [1.54, 1.807) is 61.8 Å². The molecule has 0 spiro atoms. The summed E-state index contributed by atoms with van der Waals surface area (Å²) in [6, 6.07) is 5.82. The zero-order chi connectivity index (χ0) is 55.3. The summed E-state index contributed by atoms with van der Waals surface area (Å²) in [5.74, 6) is -2.87. The van der Waals surface area contributed by atoms with Crippen LogP contribution in [0.4, 0.5) is 10.1 Å². The van der Waals surface area contributed by atoms with Gasteiger partial charge in [-0.15, -0.1) is 5.10 Å². The molecule has 4 fully saturated rings. The number of cyclic esters (lactones) is 1. The average molecular weight is 1070 g/mol. The fraction of sp³-hybridized carbons (Fsp3) is 0.833. The van der Waals surface area contributed by atoms with Crippen molar-refractivity contribution in [1.29, 1.82) is 0 Å². The number of carbonyl (C=O) groups excluding carboxylic acids is 1. The molecule has 4 saturated heterocycles. The van der Waals surface area contributed by atoms with Gasteiger partial charge < -0.3 is 68.5 Å². The van der Waals surface area contributed by atoms with Crippen LogP contribution in [0.3, 0.4) is 0 Å². The van der Waals surface area contributed by atoms with Gasteiger partial charge in [0.05, 0.1) is 59.5 Å². The summed E-state index contributed by atoms with van der Waals surface area (Å²) in [4.78, 5) is 24.1. The lowest BCUT2D eigenvalue weighted by atomic mass is 9.77. The first-order valence-electron chi connectivity index (χ1n) is 27.1. The Labute approximate surface area is 443 Å². The van der Waals surface area contributed by atoms with E-state index < -0.39 is 127 Å². The number of hydroxylamine groups is 1. The first-order chi connectivity index (χ1) is 35.3. The van der Waals surface area contributed by atoms with E-state index in [-0.39, 0.29) is 25.2 Å². The van der Waals surface area contributed by atoms with Crippen molar-refractivity contribution >= 4 is 11.7 Å². The molecular weight excluding hydrogens is 976 g/mol. The van der Waals surface area contributed by atoms with Crippen molar-refractivity contribution in [3.05, 3.63) is 41.7 Å². The number of aliphatic hydroxyl groups is 5. The van der Waals surface area contributed by atoms with E-state index in [4.69, 9.17) is 38.0 Å². The monoisotopic (exact) mass is 1070 g/mol. The number of methoxy groups -OCH3 is 2. The van der Waals surface area contributed by atoms with Crippen LogP contribution in [0, 0.1) is 17.8 Å². The lowest BCUT2D eigenvalue weighted by molar-refractivity contribution is -0.318. The summed E-state index contributed by atoms with van der Waals surface area (Å²) in [5.41, 5.74) is -2.27. The second kappa shape index (κ2) is 25.9. The molecule has 20 nitrogen and oxygen atoms in total. The molecule has 0 amide bonds. The summed E-state index contributed by atoms with van der Waals surface area (Å²) < 4.78 is 60.6. The molecule has 5 heterocycles. The average Bonchev–Trinajstić information content (AvgIpc) is 4.09. The molecule has 4 aliphatic heterocycles. The number of rotatable bonds is 16. The highest BCUT2D eigenvalue weighted by Crippen LogP contribution is 2.41. The summed E-state index contributed by atoms with van der Waals surface area (Å²) in [6.07, 6.45) is -6.99. The van der Waals surface area contributed by atoms with Crippen LogP contribution in [-0.4, -0.2) is 208 Å². The number of aromatic nitrogens is 3. The number of esters is 1. The lowest BCUT2D eigenvalue weighted by Gasteiger charge is -2.49. The molecule has 4 aliphatic rings. The number of likely N-dealkylation sites (N-methyl/N-ethyl adjacent to an activating group) is 2. The van der Waals surface area contributed by atoms with Crippen molar-refractivity contribution in [1.82, 2.24) is 24.8 Å². The van der Waals surface area contributed by atoms with Crippen molar-refractivity contribution in [3.8, 4) is 0 Å². The Kier molecular flexibility index (Phi) is 21.1. The number of nitrogens with zero attached hydrogens (tertiary/aromatic N) is 6. The number of hydrogen-bond acceptors (Lipinski definition) is 19. The second-order valence-electron chi connectivity index (χ2n) is 22.9. The minimum absolute atomic E-state index is 0.0853. The molecule has 75 heavy (non-hydrogen) atoms. The molecular formula is C54H91FN6O14. The van der Waals surface area contributed by atoms with Crippen molar-refractivity contribution in [2.24, 2.45) is 17.8 Å². The predicted octanol–water partition coefficient (Wildman–Crippen LogP) is 4.15. The Morgan fingerprint density at radius 2 is 1.67 bits per heavy atom. The minimum atomic E-state index is -1.85. The Morgan fingerprint density at radius 1 is 0.973 bits per heavy atom. The summed E-state index contributed by atoms with van der Waals surface area (Å²) in [7, 11) is 6.76. The molecule has 0 unspecified atom stereocenters. The van der Waals surface area contributed by atoms with Gasteiger partial charge in [-0.25, -0.2) is 9.07 Å². The third kappa shape index (κ3) is 14.1. The Balaban J connectivity index is 1.25. The molecule has 6 rings (SSSR count). The lowest BCUT2D eigenvalue weighted by Crippen LogP contribution is -2.61. The number of benzene rings is 1. The summed E-state index contributed by atoms with van der Waals surface area (Å²) in [5, 5.41) is 70.5. The third-order valence-electron chi connectivity index (χ3n) is 16.8. The first-order valence-corrected chi connectivity index (χ1v) is 27.1. The van der Waals surface area contributed by atoms with Crippen molar-refractivity contribution in [3.63, 3.8) is 0 Å². The largest absolute Gasteiger partial charge is 0.459 e. The van der Waals surface area contributed by atoms with Crippen LogP contribution >= 0.6 is 0 Å². The fourth-order valence-corrected chi connectivity index (χ4v) is 12.0. The smallest absolute Gasteiger partial charge is 0.311 e. The maximum atomic E-state index is 14.9. The first kappa shape index (κ1) is 61.2. The van der Waals surface area contributed by atoms with Gasteiger partial charge in [-0.2, -0.15) is 0 Å². The van der Waals surface area contributed by atoms with Crippen molar-refractivity contribution < 1.29 is 72.7 Å². The van der Waals surface area contributed by atoms with E-state index >= 15 is 0 Å². The maximum absolute atomic E-state index is 14.9. The van der Waals surface area contributed by atoms with Crippen LogP contribution in [-0.2, 0) is 49.2 Å². The molecule has 0 bridgehead atoms. The Morgan fingerprint density at radius 3 is 2.28 bits per heavy atom. The molecule has 0 saturated carbocycles. The van der Waals surface area contributed by atoms with Gasteiger partial charge in [-0.1, -0.05) is 38.1 Å². The predicted molar refractivity (Wildman–Crippen MR) is 276 cm³/mol. The van der Waals surface area contributed by atoms with E-state index in [1.807, 2.05) is 67.1 Å². The highest BCUT2D eigenvalue weighted by Gasteiger charge is 2.53. The van der Waals surface area contributed by atoms with Crippen molar-refractivity contribution in [2.75, 3.05) is 66.3 Å². The van der Waals surface area contributed by atoms with Gasteiger partial charge in [0.15, 0.2) is 12.6 Å². The quantitative estimate of drug-likeness (QED) is 0.149. The summed E-state index contributed by atoms with van der Waals surface area (Å²) in [6.45, 7) is 19.0. The summed E-state index contributed by atoms with van der Waals surface area (Å²) >= 11 is 0. The van der Waals surface area contributed by atoms with Gasteiger partial charge in [0.25, 0.3) is 0 Å². The number of carbonyl (C=O) groups is 1. The van der Waals surface area contributed by atoms with Crippen molar-refractivity contribution in [2.45, 2.75) is 210 Å². The van der Waals surface area contributed by atoms with E-state index in [1.165, 1.54) is 18.7 Å². The third-order valence-corrected chi connectivity index (χ3v) is 16.8. The second-order valence-corrected chi connectivity index (χ2v) is 22.9. The minimum Gasteiger partial charge on any atom is -0.459 e. The van der Waals surface area contributed by atoms with Crippen LogP contribution in [0.1, 0.15) is 125 Å². The maximum Gasteiger partial charge on any atom is 0.311 e. The van der Waals surface area contributed by atoms with Crippen LogP contribution in [0.2, 0.25) is 0 Å². The number of hydrogen-bond donors (Lipinski definition) is 5. The van der Waals surface area contributed by atoms with E-state index in [9.17, 15) is 34.7 Å². The van der Waals surface area contributed by atoms with Gasteiger partial charge in [-0.3, -0.25) is 14.7 Å². The molecule has 0 radical (unpaired) electrons. The normalized spacial score (nSPS) is 40.0. The molecule has 20 atom stereocenters. The number of aliphatic hydroxyl groups excluding tert-OH is 3. The Hall–Kier alpha value is -3.00. The van der Waals surface area contributed by atoms with Gasteiger partial charge in [-0.05, 0) is 112 Å². The van der Waals surface area contributed by atoms with Gasteiger partial charge in [0.2, 0.25) is 0 Å². The van der Waals surface area contributed by atoms with Crippen LogP contribution < -0.4 is 5.06 Å². The molecule has 0 aliphatic carbocycles. The van der Waals surface area contributed by atoms with Crippen LogP contribution in [0.5, 0.6) is 0 Å². The highest BCUT2D eigenvalue weighted by molar-refractivity contribution is 5.73. The SMILES string of the molecule is CC[C@H]1OC(=O)[C@H](C)[C@@H](O[C@H]2C[C@@](C)(OC)[C@@H](O)[C@H](C)O2)[C@H](C)[C@@H](O[C@@H]2O[C@H](C)C[C@H](N(C)CCc3cn([C@H](CF)[C@H](OC)c4ccc(N5CCCO5)cc4)nn3)[C@H]2O)[C@](C)(O)C[C@@H](C)CN(C)[C@H](C)[C@@H](O)[C@]1(C)O. The van der Waals surface area contributed by atoms with E-state index in [0.717, 1.165) is 24.2 Å². The number of ether oxygens (including phenoxy) is 7. The molecule has 1 aromatic heterocycles. The number of anilines is 1. The van der Waals surface area contributed by atoms with Gasteiger partial charge >= 0.3 is 5.97 Å². The van der Waals surface area contributed by atoms with Crippen LogP contribution in [0.15, 0.2) is 30.5 Å². The van der Waals surface area contributed by atoms with Crippen LogP contribution in [0.25, 0.3) is 0 Å². The molecule has 2 aromatic rings. The van der Waals surface area contributed by atoms with E-state index in [0.29, 0.717) is 38.2 Å².